The van der Waals surface area contributed by atoms with Crippen LogP contribution in [0.2, 0.25) is 0 Å². The van der Waals surface area contributed by atoms with E-state index in [0.29, 0.717) is 29.0 Å². The zero-order valence-corrected chi connectivity index (χ0v) is 18.8. The first-order valence-electron chi connectivity index (χ1n) is 9.39. The first kappa shape index (κ1) is 20.1. The number of rotatable bonds is 2. The van der Waals surface area contributed by atoms with Crippen molar-refractivity contribution in [3.8, 4) is 0 Å². The van der Waals surface area contributed by atoms with Gasteiger partial charge in [-0.1, -0.05) is 51.1 Å². The van der Waals surface area contributed by atoms with E-state index in [1.807, 2.05) is 57.2 Å². The Kier molecular flexibility index (Phi) is 4.82. The maximum atomic E-state index is 12.8. The number of nitrogens with one attached hydrogen (secondary N) is 1. The van der Waals surface area contributed by atoms with Crippen molar-refractivity contribution in [2.75, 3.05) is 6.54 Å². The minimum absolute atomic E-state index is 0.0155. The van der Waals surface area contributed by atoms with E-state index in [0.717, 1.165) is 9.35 Å². The van der Waals surface area contributed by atoms with Gasteiger partial charge in [-0.3, -0.25) is 9.69 Å². The Morgan fingerprint density at radius 2 is 2.03 bits per heavy atom. The number of aromatic nitrogens is 2. The maximum Gasteiger partial charge on any atom is 0.408 e. The zero-order chi connectivity index (χ0) is 21.0. The van der Waals surface area contributed by atoms with E-state index in [4.69, 9.17) is 4.98 Å². The van der Waals surface area contributed by atoms with Crippen LogP contribution in [-0.2, 0) is 5.54 Å². The molecule has 0 bridgehead atoms. The summed E-state index contributed by atoms with van der Waals surface area (Å²) in [4.78, 5) is 34.3. The van der Waals surface area contributed by atoms with Crippen LogP contribution in [0.3, 0.4) is 0 Å². The minimum atomic E-state index is -1.01. The van der Waals surface area contributed by atoms with E-state index in [1.165, 1.54) is 16.2 Å². The predicted molar refractivity (Wildman–Crippen MR) is 118 cm³/mol. The number of nitrogens with zero attached hydrogens (tertiary/aromatic N) is 2. The smallest absolute Gasteiger partial charge is 0.408 e. The highest BCUT2D eigenvalue weighted by atomic mass is 79.9. The largest absolute Gasteiger partial charge is 0.465 e. The summed E-state index contributed by atoms with van der Waals surface area (Å²) in [5.41, 5.74) is -0.0189. The van der Waals surface area contributed by atoms with Crippen molar-refractivity contribution >= 4 is 43.6 Å². The molecule has 0 spiro atoms. The molecule has 8 heteroatoms. The van der Waals surface area contributed by atoms with Gasteiger partial charge in [0.15, 0.2) is 0 Å². The summed E-state index contributed by atoms with van der Waals surface area (Å²) in [5.74, 6) is 0.426. The molecule has 1 aromatic carbocycles. The number of amides is 1. The number of benzene rings is 1. The second-order valence-electron chi connectivity index (χ2n) is 8.49. The van der Waals surface area contributed by atoms with Gasteiger partial charge in [-0.25, -0.2) is 9.78 Å². The fraction of sp³-hybridized carbons (Fsp3) is 0.381. The summed E-state index contributed by atoms with van der Waals surface area (Å²) in [6, 6.07) is 11.7. The van der Waals surface area contributed by atoms with Crippen LogP contribution in [0.25, 0.3) is 10.2 Å². The van der Waals surface area contributed by atoms with Crippen LogP contribution in [0.5, 0.6) is 0 Å². The monoisotopic (exact) mass is 475 g/mol. The van der Waals surface area contributed by atoms with Crippen LogP contribution in [0.15, 0.2) is 45.0 Å². The topological polar surface area (TPSA) is 86.3 Å². The van der Waals surface area contributed by atoms with Crippen LogP contribution in [0.4, 0.5) is 4.79 Å². The SMILES string of the molecule is CC(C)(C)[C@]1(c2nc3cc(Br)sc3c(=O)[nH]2)C[C@@H](c2ccccc2)CN1C(=O)O. The van der Waals surface area contributed by atoms with Crippen molar-refractivity contribution in [2.24, 2.45) is 5.41 Å². The molecule has 3 aromatic rings. The number of carboxylic acid groups (broad SMARTS) is 1. The molecule has 1 aliphatic rings. The summed E-state index contributed by atoms with van der Waals surface area (Å²) in [7, 11) is 0. The van der Waals surface area contributed by atoms with Gasteiger partial charge in [-0.2, -0.15) is 0 Å². The van der Waals surface area contributed by atoms with Crippen LogP contribution in [0.1, 0.15) is 44.5 Å². The molecule has 0 unspecified atom stereocenters. The zero-order valence-electron chi connectivity index (χ0n) is 16.4. The molecule has 1 fully saturated rings. The number of hydrogen-bond donors (Lipinski definition) is 2. The van der Waals surface area contributed by atoms with Gasteiger partial charge < -0.3 is 10.1 Å². The molecule has 0 saturated carbocycles. The Bertz CT molecular complexity index is 1140. The van der Waals surface area contributed by atoms with Crippen LogP contribution < -0.4 is 5.56 Å². The van der Waals surface area contributed by atoms with Gasteiger partial charge in [0.1, 0.15) is 16.1 Å². The van der Waals surface area contributed by atoms with Crippen molar-refractivity contribution in [3.05, 3.63) is 61.9 Å². The molecule has 2 aromatic heterocycles. The Balaban J connectivity index is 1.95. The second-order valence-corrected chi connectivity index (χ2v) is 10.9. The summed E-state index contributed by atoms with van der Waals surface area (Å²) in [6.45, 7) is 6.36. The summed E-state index contributed by atoms with van der Waals surface area (Å²) < 4.78 is 1.35. The standard InChI is InChI=1S/C21H22BrN3O3S/c1-20(2,3)21(18-23-14-9-15(22)29-16(14)17(26)24-18)10-13(11-25(21)19(27)28)12-7-5-4-6-8-12/h4-9,13H,10-11H2,1-3H3,(H,27,28)(H,23,24,26)/t13-,21-/m1/s1. The second kappa shape index (κ2) is 6.95. The molecule has 0 aliphatic carbocycles. The normalized spacial score (nSPS) is 22.3. The molecule has 4 rings (SSSR count). The van der Waals surface area contributed by atoms with Gasteiger partial charge in [-0.05, 0) is 39.4 Å². The number of halogens is 1. The van der Waals surface area contributed by atoms with Crippen molar-refractivity contribution < 1.29 is 9.90 Å². The average molecular weight is 476 g/mol. The molecule has 0 radical (unpaired) electrons. The maximum absolute atomic E-state index is 12.8. The molecular weight excluding hydrogens is 454 g/mol. The Labute approximate surface area is 180 Å². The van der Waals surface area contributed by atoms with Crippen LogP contribution >= 0.6 is 27.3 Å². The van der Waals surface area contributed by atoms with Crippen LogP contribution in [0, 0.1) is 5.41 Å². The van der Waals surface area contributed by atoms with Crippen LogP contribution in [-0.4, -0.2) is 32.6 Å². The van der Waals surface area contributed by atoms with Crippen molar-refractivity contribution in [1.82, 2.24) is 14.9 Å². The first-order valence-corrected chi connectivity index (χ1v) is 11.0. The van der Waals surface area contributed by atoms with E-state index < -0.39 is 17.0 Å². The third-order valence-electron chi connectivity index (χ3n) is 5.89. The number of H-pyrrole nitrogens is 1. The van der Waals surface area contributed by atoms with Crippen molar-refractivity contribution in [1.29, 1.82) is 0 Å². The fourth-order valence-electron chi connectivity index (χ4n) is 4.49. The Morgan fingerprint density at radius 3 is 2.66 bits per heavy atom. The fourth-order valence-corrected chi connectivity index (χ4v) is 5.92. The van der Waals surface area contributed by atoms with Gasteiger partial charge in [-0.15, -0.1) is 11.3 Å². The highest BCUT2D eigenvalue weighted by Crippen LogP contribution is 2.54. The van der Waals surface area contributed by atoms with E-state index >= 15 is 0 Å². The van der Waals surface area contributed by atoms with Crippen molar-refractivity contribution in [2.45, 2.75) is 38.6 Å². The summed E-state index contributed by atoms with van der Waals surface area (Å²) >= 11 is 4.74. The number of fused-ring (bicyclic) bond motifs is 1. The molecule has 29 heavy (non-hydrogen) atoms. The quantitative estimate of drug-likeness (QED) is 0.535. The lowest BCUT2D eigenvalue weighted by atomic mass is 9.69. The molecule has 1 amide bonds. The van der Waals surface area contributed by atoms with Gasteiger partial charge in [0, 0.05) is 12.5 Å². The minimum Gasteiger partial charge on any atom is -0.465 e. The van der Waals surface area contributed by atoms with Crippen molar-refractivity contribution in [3.63, 3.8) is 0 Å². The van der Waals surface area contributed by atoms with Gasteiger partial charge in [0.25, 0.3) is 5.56 Å². The molecule has 152 valence electrons. The lowest BCUT2D eigenvalue weighted by Gasteiger charge is -2.45. The number of aromatic amines is 1. The van der Waals surface area contributed by atoms with E-state index in [2.05, 4.69) is 20.9 Å². The molecule has 2 atom stereocenters. The average Bonchev–Trinajstić information content (AvgIpc) is 3.23. The third kappa shape index (κ3) is 3.18. The molecule has 2 N–H and O–H groups in total. The summed E-state index contributed by atoms with van der Waals surface area (Å²) in [5, 5.41) is 10.1. The Hall–Kier alpha value is -2.19. The third-order valence-corrected chi connectivity index (χ3v) is 7.52. The number of carbonyl (C=O) groups is 1. The Morgan fingerprint density at radius 1 is 1.34 bits per heavy atom. The number of likely N-dealkylation sites (tertiary alicyclic amines) is 1. The van der Waals surface area contributed by atoms with E-state index in [-0.39, 0.29) is 11.5 Å². The first-order chi connectivity index (χ1) is 13.6. The number of hydrogen-bond acceptors (Lipinski definition) is 4. The highest BCUT2D eigenvalue weighted by molar-refractivity contribution is 9.11. The summed E-state index contributed by atoms with van der Waals surface area (Å²) in [6.07, 6.45) is -0.459. The molecule has 3 heterocycles. The van der Waals surface area contributed by atoms with Gasteiger partial charge in [0.2, 0.25) is 0 Å². The van der Waals surface area contributed by atoms with Gasteiger partial charge >= 0.3 is 6.09 Å². The van der Waals surface area contributed by atoms with E-state index in [9.17, 15) is 14.7 Å². The lowest BCUT2D eigenvalue weighted by molar-refractivity contribution is 0.0211. The predicted octanol–water partition coefficient (Wildman–Crippen LogP) is 5.16. The molecule has 6 nitrogen and oxygen atoms in total. The highest BCUT2D eigenvalue weighted by Gasteiger charge is 2.58. The number of thiophene rings is 1. The molecule has 1 aliphatic heterocycles. The van der Waals surface area contributed by atoms with Gasteiger partial charge in [0.05, 0.1) is 9.30 Å². The molecular formula is C21H22BrN3O3S. The molecule has 1 saturated heterocycles. The van der Waals surface area contributed by atoms with E-state index in [1.54, 1.807) is 0 Å². The lowest BCUT2D eigenvalue weighted by Crippen LogP contribution is -2.54.